The summed E-state index contributed by atoms with van der Waals surface area (Å²) in [6.45, 7) is 5.40. The van der Waals surface area contributed by atoms with Crippen LogP contribution in [0, 0.1) is 12.8 Å². The Bertz CT molecular complexity index is 1570. The van der Waals surface area contributed by atoms with Crippen LogP contribution in [0.4, 0.5) is 5.69 Å². The molecule has 0 radical (unpaired) electrons. The number of aromatic nitrogens is 1. The number of ether oxygens (including phenoxy) is 1. The number of pyridine rings is 1. The largest absolute Gasteiger partial charge is 0.480 e. The molecule has 0 aliphatic heterocycles. The van der Waals surface area contributed by atoms with E-state index in [1.165, 1.54) is 12.1 Å². The molecule has 0 saturated heterocycles. The number of nitrogens with one attached hydrogen (secondary N) is 3. The van der Waals surface area contributed by atoms with E-state index in [2.05, 4.69) is 22.0 Å². The molecule has 1 aliphatic rings. The highest BCUT2D eigenvalue weighted by Crippen LogP contribution is 2.37. The van der Waals surface area contributed by atoms with Crippen molar-refractivity contribution in [1.82, 2.24) is 9.99 Å². The average molecular weight is 571 g/mol. The van der Waals surface area contributed by atoms with E-state index in [0.717, 1.165) is 17.5 Å². The van der Waals surface area contributed by atoms with Gasteiger partial charge in [-0.25, -0.2) is 13.1 Å². The highest BCUT2D eigenvalue weighted by Gasteiger charge is 2.39. The third-order valence-corrected chi connectivity index (χ3v) is 7.51. The SMILES string of the molecule is C=C(NC=O)c1cc(Cl)ccc1OC(C(=O)Nn1c(C)ccc(NS(=O)(=O)Cc2ccccc2)c1=O)C1CC1. The molecule has 0 bridgehead atoms. The van der Waals surface area contributed by atoms with Crippen molar-refractivity contribution in [1.29, 1.82) is 0 Å². The van der Waals surface area contributed by atoms with Gasteiger partial charge in [-0.1, -0.05) is 48.5 Å². The van der Waals surface area contributed by atoms with Gasteiger partial charge in [0.25, 0.3) is 11.5 Å². The fraction of sp³-hybridized carbons (Fsp3) is 0.222. The summed E-state index contributed by atoms with van der Waals surface area (Å²) >= 11 is 6.10. The van der Waals surface area contributed by atoms with E-state index in [1.807, 2.05) is 0 Å². The summed E-state index contributed by atoms with van der Waals surface area (Å²) in [4.78, 5) is 37.5. The molecule has 1 fully saturated rings. The number of benzene rings is 2. The van der Waals surface area contributed by atoms with Crippen LogP contribution >= 0.6 is 11.6 Å². The zero-order valence-electron chi connectivity index (χ0n) is 21.0. The number of hydrogen-bond acceptors (Lipinski definition) is 6. The van der Waals surface area contributed by atoms with Gasteiger partial charge in [0.1, 0.15) is 11.4 Å². The number of amides is 2. The van der Waals surface area contributed by atoms with Gasteiger partial charge in [-0.2, -0.15) is 0 Å². The van der Waals surface area contributed by atoms with E-state index >= 15 is 0 Å². The summed E-state index contributed by atoms with van der Waals surface area (Å²) in [6, 6.07) is 16.1. The first kappa shape index (κ1) is 27.9. The molecule has 1 unspecified atom stereocenters. The lowest BCUT2D eigenvalue weighted by Gasteiger charge is -2.22. The lowest BCUT2D eigenvalue weighted by atomic mass is 10.1. The number of carbonyl (C=O) groups excluding carboxylic acids is 2. The van der Waals surface area contributed by atoms with E-state index in [4.69, 9.17) is 16.3 Å². The van der Waals surface area contributed by atoms with E-state index in [0.29, 0.717) is 28.3 Å². The van der Waals surface area contributed by atoms with Gasteiger partial charge in [0.15, 0.2) is 6.10 Å². The minimum Gasteiger partial charge on any atom is -0.480 e. The van der Waals surface area contributed by atoms with Crippen molar-refractivity contribution in [2.24, 2.45) is 5.92 Å². The van der Waals surface area contributed by atoms with Crippen molar-refractivity contribution in [3.63, 3.8) is 0 Å². The van der Waals surface area contributed by atoms with E-state index < -0.39 is 27.6 Å². The summed E-state index contributed by atoms with van der Waals surface area (Å²) in [5, 5.41) is 2.84. The number of aryl methyl sites for hydroxylation is 1. The maximum atomic E-state index is 13.4. The van der Waals surface area contributed by atoms with Crippen LogP contribution < -0.4 is 25.8 Å². The molecule has 1 aromatic heterocycles. The Balaban J connectivity index is 1.56. The minimum atomic E-state index is -3.90. The molecule has 39 heavy (non-hydrogen) atoms. The van der Waals surface area contributed by atoms with Crippen LogP contribution in [0.2, 0.25) is 5.02 Å². The molecule has 0 spiro atoms. The normalized spacial score (nSPS) is 13.7. The lowest BCUT2D eigenvalue weighted by molar-refractivity contribution is -0.124. The number of rotatable bonds is 12. The predicted molar refractivity (Wildman–Crippen MR) is 149 cm³/mol. The summed E-state index contributed by atoms with van der Waals surface area (Å²) in [7, 11) is -3.90. The Morgan fingerprint density at radius 1 is 1.18 bits per heavy atom. The van der Waals surface area contributed by atoms with Gasteiger partial charge in [0.05, 0.1) is 5.75 Å². The highest BCUT2D eigenvalue weighted by molar-refractivity contribution is 7.91. The van der Waals surface area contributed by atoms with Crippen molar-refractivity contribution in [2.45, 2.75) is 31.6 Å². The standard InChI is InChI=1S/C27H27ClN4O6S/c1-17-8-12-23(31-39(36,37)15-19-6-4-3-5-7-19)27(35)32(17)30-26(34)25(20-9-10-20)38-24-13-11-21(28)14-22(24)18(2)29-16-33/h3-8,11-14,16,20,25,31H,2,9-10,15H2,1H3,(H,29,33)(H,30,34). The Morgan fingerprint density at radius 3 is 2.56 bits per heavy atom. The Kier molecular flexibility index (Phi) is 8.41. The second-order valence-electron chi connectivity index (χ2n) is 9.11. The van der Waals surface area contributed by atoms with Gasteiger partial charge in [-0.15, -0.1) is 0 Å². The smallest absolute Gasteiger partial charge is 0.293 e. The monoisotopic (exact) mass is 570 g/mol. The van der Waals surface area contributed by atoms with E-state index in [9.17, 15) is 22.8 Å². The topological polar surface area (TPSA) is 136 Å². The molecule has 1 saturated carbocycles. The molecule has 10 nitrogen and oxygen atoms in total. The Labute approximate surface area is 230 Å². The van der Waals surface area contributed by atoms with Crippen molar-refractivity contribution in [3.05, 3.63) is 99.4 Å². The average Bonchev–Trinajstić information content (AvgIpc) is 3.73. The molecule has 12 heteroatoms. The second-order valence-corrected chi connectivity index (χ2v) is 11.3. The minimum absolute atomic E-state index is 0.107. The first-order valence-electron chi connectivity index (χ1n) is 12.0. The van der Waals surface area contributed by atoms with Crippen molar-refractivity contribution < 1.29 is 22.7 Å². The van der Waals surface area contributed by atoms with Crippen LogP contribution in [0.1, 0.15) is 29.7 Å². The first-order chi connectivity index (χ1) is 18.6. The molecule has 4 rings (SSSR count). The quantitative estimate of drug-likeness (QED) is 0.286. The highest BCUT2D eigenvalue weighted by atomic mass is 35.5. The first-order valence-corrected chi connectivity index (χ1v) is 14.0. The van der Waals surface area contributed by atoms with Crippen molar-refractivity contribution in [3.8, 4) is 5.75 Å². The summed E-state index contributed by atoms with van der Waals surface area (Å²) in [5.41, 5.74) is 3.18. The zero-order chi connectivity index (χ0) is 28.2. The molecule has 204 valence electrons. The molecule has 2 amide bonds. The van der Waals surface area contributed by atoms with Gasteiger partial charge in [0, 0.05) is 27.9 Å². The number of sulfonamides is 1. The molecule has 2 aromatic carbocycles. The van der Waals surface area contributed by atoms with Crippen LogP contribution in [-0.4, -0.2) is 31.5 Å². The summed E-state index contributed by atoms with van der Waals surface area (Å²) in [5.74, 6) is -0.748. The van der Waals surface area contributed by atoms with Gasteiger partial charge in [-0.3, -0.25) is 24.5 Å². The van der Waals surface area contributed by atoms with E-state index in [-0.39, 0.29) is 28.8 Å². The number of anilines is 1. The number of nitrogens with zero attached hydrogens (tertiary/aromatic N) is 1. The van der Waals surface area contributed by atoms with Crippen LogP contribution in [0.25, 0.3) is 5.70 Å². The molecule has 3 aromatic rings. The third-order valence-electron chi connectivity index (χ3n) is 6.03. The van der Waals surface area contributed by atoms with Gasteiger partial charge in [-0.05, 0) is 55.7 Å². The Hall–Kier alpha value is -4.09. The molecular formula is C27H27ClN4O6S. The van der Waals surface area contributed by atoms with Crippen molar-refractivity contribution >= 4 is 45.3 Å². The lowest BCUT2D eigenvalue weighted by Crippen LogP contribution is -2.43. The zero-order valence-corrected chi connectivity index (χ0v) is 22.6. The number of hydrogen-bond donors (Lipinski definition) is 3. The molecule has 1 heterocycles. The summed E-state index contributed by atoms with van der Waals surface area (Å²) < 4.78 is 34.8. The Morgan fingerprint density at radius 2 is 1.90 bits per heavy atom. The van der Waals surface area contributed by atoms with Crippen LogP contribution in [0.15, 0.2) is 72.0 Å². The predicted octanol–water partition coefficient (Wildman–Crippen LogP) is 3.40. The van der Waals surface area contributed by atoms with Gasteiger partial charge >= 0.3 is 0 Å². The summed E-state index contributed by atoms with van der Waals surface area (Å²) in [6.07, 6.45) is 0.969. The van der Waals surface area contributed by atoms with Gasteiger partial charge in [0.2, 0.25) is 16.4 Å². The fourth-order valence-corrected chi connectivity index (χ4v) is 5.27. The van der Waals surface area contributed by atoms with Gasteiger partial charge < -0.3 is 10.1 Å². The maximum Gasteiger partial charge on any atom is 0.293 e. The van der Waals surface area contributed by atoms with Crippen LogP contribution in [0.3, 0.4) is 0 Å². The third kappa shape index (κ3) is 7.06. The number of halogens is 1. The molecule has 1 atom stereocenters. The second kappa shape index (κ2) is 11.7. The van der Waals surface area contributed by atoms with Crippen molar-refractivity contribution in [2.75, 3.05) is 10.1 Å². The van der Waals surface area contributed by atoms with Crippen LogP contribution in [-0.2, 0) is 25.4 Å². The van der Waals surface area contributed by atoms with E-state index in [1.54, 1.807) is 55.5 Å². The maximum absolute atomic E-state index is 13.4. The molecule has 3 N–H and O–H groups in total. The van der Waals surface area contributed by atoms with Crippen LogP contribution in [0.5, 0.6) is 5.75 Å². The number of carbonyl (C=O) groups is 2. The fourth-order valence-electron chi connectivity index (χ4n) is 3.91. The molecule has 1 aliphatic carbocycles. The molecular weight excluding hydrogens is 544 g/mol.